The molecular weight excluding hydrogens is 290 g/mol. The first-order chi connectivity index (χ1) is 9.20. The molecule has 118 valence electrons. The summed E-state index contributed by atoms with van der Waals surface area (Å²) in [5.74, 6) is -2.27. The molecule has 1 unspecified atom stereocenters. The van der Waals surface area contributed by atoms with Crippen LogP contribution in [0.3, 0.4) is 0 Å². The Bertz CT molecular complexity index is 403. The van der Waals surface area contributed by atoms with Gasteiger partial charge in [0, 0.05) is 13.2 Å². The highest BCUT2D eigenvalue weighted by Crippen LogP contribution is 2.06. The summed E-state index contributed by atoms with van der Waals surface area (Å²) >= 11 is 0. The van der Waals surface area contributed by atoms with E-state index in [2.05, 4.69) is 11.3 Å². The van der Waals surface area contributed by atoms with Gasteiger partial charge >= 0.3 is 5.97 Å². The zero-order valence-electron chi connectivity index (χ0n) is 11.6. The van der Waals surface area contributed by atoms with E-state index < -0.39 is 33.7 Å². The zero-order valence-corrected chi connectivity index (χ0v) is 12.4. The van der Waals surface area contributed by atoms with Gasteiger partial charge in [-0.25, -0.2) is 0 Å². The summed E-state index contributed by atoms with van der Waals surface area (Å²) in [5.41, 5.74) is 4.71. The van der Waals surface area contributed by atoms with Gasteiger partial charge in [-0.15, -0.1) is 0 Å². The summed E-state index contributed by atoms with van der Waals surface area (Å²) in [6.45, 7) is 8.68. The van der Waals surface area contributed by atoms with E-state index in [1.165, 1.54) is 6.08 Å². The van der Waals surface area contributed by atoms with E-state index in [-0.39, 0.29) is 6.61 Å². The van der Waals surface area contributed by atoms with Crippen LogP contribution in [-0.4, -0.2) is 49.9 Å². The van der Waals surface area contributed by atoms with Crippen molar-refractivity contribution in [1.29, 1.82) is 0 Å². The SMILES string of the molecule is C=CCOC(=O)C(CC(N)=O)S(=O)(=O)O.CCOCC. The van der Waals surface area contributed by atoms with E-state index in [0.717, 1.165) is 13.2 Å². The van der Waals surface area contributed by atoms with Gasteiger partial charge in [0.1, 0.15) is 6.61 Å². The molecule has 0 aromatic carbocycles. The molecule has 0 spiro atoms. The minimum atomic E-state index is -4.70. The number of primary amides is 1. The lowest BCUT2D eigenvalue weighted by atomic mass is 10.3. The van der Waals surface area contributed by atoms with E-state index in [1.807, 2.05) is 13.8 Å². The molecule has 3 N–H and O–H groups in total. The van der Waals surface area contributed by atoms with Gasteiger partial charge < -0.3 is 15.2 Å². The number of hydrogen-bond acceptors (Lipinski definition) is 6. The maximum atomic E-state index is 11.1. The molecule has 0 saturated heterocycles. The van der Waals surface area contributed by atoms with E-state index in [1.54, 1.807) is 0 Å². The molecule has 1 atom stereocenters. The van der Waals surface area contributed by atoms with E-state index >= 15 is 0 Å². The van der Waals surface area contributed by atoms with Gasteiger partial charge in [-0.2, -0.15) is 8.42 Å². The highest BCUT2D eigenvalue weighted by molar-refractivity contribution is 7.87. The lowest BCUT2D eigenvalue weighted by molar-refractivity contribution is -0.143. The third-order valence-corrected chi connectivity index (χ3v) is 2.84. The average Bonchev–Trinajstić information content (AvgIpc) is 2.33. The Morgan fingerprint density at radius 2 is 1.85 bits per heavy atom. The van der Waals surface area contributed by atoms with Gasteiger partial charge in [0.05, 0.1) is 6.42 Å². The number of nitrogens with two attached hydrogens (primary N) is 1. The maximum Gasteiger partial charge on any atom is 0.327 e. The Kier molecular flexibility index (Phi) is 11.9. The molecule has 8 nitrogen and oxygen atoms in total. The molecular formula is C11H21NO7S. The Labute approximate surface area is 118 Å². The summed E-state index contributed by atoms with van der Waals surface area (Å²) in [6, 6.07) is 0. The van der Waals surface area contributed by atoms with E-state index in [9.17, 15) is 18.0 Å². The quantitative estimate of drug-likeness (QED) is 0.363. The Morgan fingerprint density at radius 1 is 1.35 bits per heavy atom. The van der Waals surface area contributed by atoms with Crippen molar-refractivity contribution in [2.45, 2.75) is 25.5 Å². The fraction of sp³-hybridized carbons (Fsp3) is 0.636. The first-order valence-electron chi connectivity index (χ1n) is 5.80. The molecule has 0 radical (unpaired) electrons. The molecule has 0 rings (SSSR count). The van der Waals surface area contributed by atoms with Crippen molar-refractivity contribution in [3.05, 3.63) is 12.7 Å². The standard InChI is InChI=1S/C7H11NO6S.C4H10O/c1-2-3-14-7(10)5(4-6(8)9)15(11,12)13;1-3-5-4-2/h2,5H,1,3-4H2,(H2,8,9)(H,11,12,13);3-4H2,1-2H3. The first kappa shape index (κ1) is 20.9. The van der Waals surface area contributed by atoms with Crippen LogP contribution >= 0.6 is 0 Å². The molecule has 0 fully saturated rings. The molecule has 9 heteroatoms. The highest BCUT2D eigenvalue weighted by Gasteiger charge is 2.34. The average molecular weight is 311 g/mol. The second-order valence-electron chi connectivity index (χ2n) is 3.37. The van der Waals surface area contributed by atoms with Crippen molar-refractivity contribution in [2.75, 3.05) is 19.8 Å². The summed E-state index contributed by atoms with van der Waals surface area (Å²) < 4.78 is 39.2. The number of rotatable bonds is 8. The molecule has 1 amide bonds. The third-order valence-electron chi connectivity index (χ3n) is 1.76. The van der Waals surface area contributed by atoms with Gasteiger partial charge in [-0.05, 0) is 13.8 Å². The number of carbonyl (C=O) groups is 2. The monoisotopic (exact) mass is 311 g/mol. The van der Waals surface area contributed by atoms with Gasteiger partial charge in [0.25, 0.3) is 10.1 Å². The minimum Gasteiger partial charge on any atom is -0.460 e. The summed E-state index contributed by atoms with van der Waals surface area (Å²) in [4.78, 5) is 21.5. The normalized spacial score (nSPS) is 11.8. The van der Waals surface area contributed by atoms with Crippen LogP contribution in [0.4, 0.5) is 0 Å². The van der Waals surface area contributed by atoms with Crippen molar-refractivity contribution in [3.63, 3.8) is 0 Å². The van der Waals surface area contributed by atoms with Crippen LogP contribution in [0.5, 0.6) is 0 Å². The van der Waals surface area contributed by atoms with Gasteiger partial charge in [-0.1, -0.05) is 12.7 Å². The Morgan fingerprint density at radius 3 is 2.10 bits per heavy atom. The van der Waals surface area contributed by atoms with Gasteiger partial charge in [0.2, 0.25) is 5.91 Å². The zero-order chi connectivity index (χ0) is 16.2. The van der Waals surface area contributed by atoms with Crippen molar-refractivity contribution in [3.8, 4) is 0 Å². The first-order valence-corrected chi connectivity index (χ1v) is 7.30. The summed E-state index contributed by atoms with van der Waals surface area (Å²) in [6.07, 6.45) is 0.387. The number of amides is 1. The molecule has 0 aliphatic carbocycles. The predicted octanol–water partition coefficient (Wildman–Crippen LogP) is -0.110. The van der Waals surface area contributed by atoms with Crippen LogP contribution in [0, 0.1) is 0 Å². The van der Waals surface area contributed by atoms with Gasteiger partial charge in [-0.3, -0.25) is 14.1 Å². The number of carbonyl (C=O) groups excluding carboxylic acids is 2. The number of hydrogen-bond donors (Lipinski definition) is 2. The van der Waals surface area contributed by atoms with Crippen molar-refractivity contribution < 1.29 is 32.0 Å². The minimum absolute atomic E-state index is 0.219. The fourth-order valence-electron chi connectivity index (χ4n) is 0.931. The number of ether oxygens (including phenoxy) is 2. The second kappa shape index (κ2) is 11.4. The van der Waals surface area contributed by atoms with E-state index in [0.29, 0.717) is 0 Å². The van der Waals surface area contributed by atoms with Crippen LogP contribution in [0.1, 0.15) is 20.3 Å². The third kappa shape index (κ3) is 11.6. The largest absolute Gasteiger partial charge is 0.460 e. The Hall–Kier alpha value is -1.45. The highest BCUT2D eigenvalue weighted by atomic mass is 32.2. The summed E-state index contributed by atoms with van der Waals surface area (Å²) in [5, 5.41) is -1.98. The van der Waals surface area contributed by atoms with Crippen LogP contribution in [0.2, 0.25) is 0 Å². The van der Waals surface area contributed by atoms with Gasteiger partial charge in [0.15, 0.2) is 5.25 Å². The molecule has 0 aliphatic rings. The molecule has 0 aliphatic heterocycles. The van der Waals surface area contributed by atoms with Crippen molar-refractivity contribution >= 4 is 22.0 Å². The molecule has 0 saturated carbocycles. The van der Waals surface area contributed by atoms with Crippen LogP contribution < -0.4 is 5.73 Å². The van der Waals surface area contributed by atoms with Crippen LogP contribution in [0.25, 0.3) is 0 Å². The van der Waals surface area contributed by atoms with Crippen molar-refractivity contribution in [1.82, 2.24) is 0 Å². The molecule has 20 heavy (non-hydrogen) atoms. The lowest BCUT2D eigenvalue weighted by Crippen LogP contribution is -2.35. The van der Waals surface area contributed by atoms with E-state index in [4.69, 9.17) is 15.0 Å². The molecule has 0 aromatic heterocycles. The smallest absolute Gasteiger partial charge is 0.327 e. The van der Waals surface area contributed by atoms with Crippen LogP contribution in [-0.2, 0) is 29.2 Å². The van der Waals surface area contributed by atoms with Crippen molar-refractivity contribution in [2.24, 2.45) is 5.73 Å². The predicted molar refractivity (Wildman–Crippen MR) is 72.5 cm³/mol. The molecule has 0 heterocycles. The van der Waals surface area contributed by atoms with Crippen LogP contribution in [0.15, 0.2) is 12.7 Å². The maximum absolute atomic E-state index is 11.1. The fourth-order valence-corrected chi connectivity index (χ4v) is 1.62. The summed E-state index contributed by atoms with van der Waals surface area (Å²) in [7, 11) is -4.70. The Balaban J connectivity index is 0. The number of esters is 1. The lowest BCUT2D eigenvalue weighted by Gasteiger charge is -2.10. The second-order valence-corrected chi connectivity index (χ2v) is 4.97. The molecule has 0 bridgehead atoms. The topological polar surface area (TPSA) is 133 Å². The molecule has 0 aromatic rings.